The molecule has 1 aliphatic heterocycles. The van der Waals surface area contributed by atoms with Crippen LogP contribution in [0.5, 0.6) is 0 Å². The molecule has 1 aliphatic rings. The van der Waals surface area contributed by atoms with Gasteiger partial charge >= 0.3 is 0 Å². The van der Waals surface area contributed by atoms with Crippen molar-refractivity contribution in [2.24, 2.45) is 0 Å². The lowest BCUT2D eigenvalue weighted by molar-refractivity contribution is 0.0569. The van der Waals surface area contributed by atoms with E-state index in [0.29, 0.717) is 28.2 Å². The van der Waals surface area contributed by atoms with Gasteiger partial charge in [-0.05, 0) is 42.3 Å². The number of benzene rings is 2. The molecular weight excluding hydrogens is 404 g/mol. The van der Waals surface area contributed by atoms with Gasteiger partial charge in [0.15, 0.2) is 0 Å². The van der Waals surface area contributed by atoms with Gasteiger partial charge in [0.2, 0.25) is 5.95 Å². The highest BCUT2D eigenvalue weighted by atomic mass is 19.1. The van der Waals surface area contributed by atoms with Gasteiger partial charge in [-0.1, -0.05) is 18.2 Å². The number of nitrogen functional groups attached to an aromatic ring is 2. The Kier molecular flexibility index (Phi) is 4.36. The van der Waals surface area contributed by atoms with Crippen LogP contribution in [-0.2, 0) is 4.74 Å². The van der Waals surface area contributed by atoms with Crippen molar-refractivity contribution in [2.75, 3.05) is 11.5 Å². The summed E-state index contributed by atoms with van der Waals surface area (Å²) in [6.45, 7) is 1.73. The van der Waals surface area contributed by atoms with E-state index >= 15 is 0 Å². The van der Waals surface area contributed by atoms with Crippen LogP contribution < -0.4 is 11.5 Å². The SMILES string of the molecule is Cc1ncnn1-c1ccc(C2OC(c3ccc(F)cc3)c3nc(N)nc(N)c32)cc1F. The van der Waals surface area contributed by atoms with Gasteiger partial charge in [-0.2, -0.15) is 10.1 Å². The molecule has 156 valence electrons. The molecule has 8 nitrogen and oxygen atoms in total. The van der Waals surface area contributed by atoms with Gasteiger partial charge in [-0.3, -0.25) is 0 Å². The van der Waals surface area contributed by atoms with Crippen LogP contribution in [0.4, 0.5) is 20.5 Å². The third-order valence-electron chi connectivity index (χ3n) is 5.20. The van der Waals surface area contributed by atoms with E-state index in [1.807, 2.05) is 0 Å². The van der Waals surface area contributed by atoms with Crippen LogP contribution in [-0.4, -0.2) is 24.7 Å². The molecule has 0 spiro atoms. The Hall–Kier alpha value is -3.92. The molecule has 2 aromatic heterocycles. The third-order valence-corrected chi connectivity index (χ3v) is 5.20. The molecule has 3 heterocycles. The van der Waals surface area contributed by atoms with Crippen molar-refractivity contribution in [1.29, 1.82) is 0 Å². The standard InChI is InChI=1S/C21H17F2N7O/c1-10-26-9-27-30(10)15-7-4-12(8-14(15)23)18-16-17(28-21(25)29-20(16)24)19(31-18)11-2-5-13(22)6-3-11/h2-9,18-19H,1H3,(H4,24,25,28,29). The molecule has 2 aromatic carbocycles. The summed E-state index contributed by atoms with van der Waals surface area (Å²) in [7, 11) is 0. The van der Waals surface area contributed by atoms with Crippen LogP contribution in [0, 0.1) is 18.6 Å². The van der Waals surface area contributed by atoms with Gasteiger partial charge in [0.1, 0.15) is 47.5 Å². The highest BCUT2D eigenvalue weighted by Gasteiger charge is 2.38. The zero-order chi connectivity index (χ0) is 21.7. The topological polar surface area (TPSA) is 118 Å². The summed E-state index contributed by atoms with van der Waals surface area (Å²) in [6.07, 6.45) is -0.0334. The summed E-state index contributed by atoms with van der Waals surface area (Å²) in [5.74, 6) is -0.180. The van der Waals surface area contributed by atoms with E-state index in [9.17, 15) is 8.78 Å². The second kappa shape index (κ2) is 7.10. The molecule has 0 fully saturated rings. The van der Waals surface area contributed by atoms with E-state index in [0.717, 1.165) is 0 Å². The van der Waals surface area contributed by atoms with Crippen LogP contribution in [0.25, 0.3) is 5.69 Å². The number of hydrogen-bond acceptors (Lipinski definition) is 7. The van der Waals surface area contributed by atoms with Gasteiger partial charge in [0.05, 0.1) is 11.3 Å². The number of nitrogens with two attached hydrogens (primary N) is 2. The molecule has 0 radical (unpaired) electrons. The summed E-state index contributed by atoms with van der Waals surface area (Å²) in [5, 5.41) is 4.04. The van der Waals surface area contributed by atoms with Crippen LogP contribution in [0.2, 0.25) is 0 Å². The average molecular weight is 421 g/mol. The number of aromatic nitrogens is 5. The van der Waals surface area contributed by atoms with Crippen molar-refractivity contribution in [2.45, 2.75) is 19.1 Å². The number of anilines is 2. The number of hydrogen-bond donors (Lipinski definition) is 2. The smallest absolute Gasteiger partial charge is 0.222 e. The Labute approximate surface area is 175 Å². The monoisotopic (exact) mass is 421 g/mol. The van der Waals surface area contributed by atoms with Gasteiger partial charge in [0, 0.05) is 0 Å². The van der Waals surface area contributed by atoms with Gasteiger partial charge < -0.3 is 16.2 Å². The van der Waals surface area contributed by atoms with E-state index in [1.165, 1.54) is 29.2 Å². The van der Waals surface area contributed by atoms with Crippen LogP contribution in [0.15, 0.2) is 48.8 Å². The Morgan fingerprint density at radius 2 is 1.71 bits per heavy atom. The largest absolute Gasteiger partial charge is 0.383 e. The maximum absolute atomic E-state index is 15.0. The molecule has 0 saturated carbocycles. The molecule has 0 saturated heterocycles. The predicted molar refractivity (Wildman–Crippen MR) is 108 cm³/mol. The first-order valence-electron chi connectivity index (χ1n) is 9.42. The minimum atomic E-state index is -0.731. The van der Waals surface area contributed by atoms with E-state index in [-0.39, 0.29) is 23.3 Å². The normalized spacial score (nSPS) is 17.6. The molecule has 31 heavy (non-hydrogen) atoms. The number of halogens is 2. The number of nitrogens with zero attached hydrogens (tertiary/aromatic N) is 5. The summed E-state index contributed by atoms with van der Waals surface area (Å²) in [6, 6.07) is 10.5. The summed E-state index contributed by atoms with van der Waals surface area (Å²) in [4.78, 5) is 12.4. The first-order valence-corrected chi connectivity index (χ1v) is 9.42. The predicted octanol–water partition coefficient (Wildman–Crippen LogP) is 3.02. The van der Waals surface area contributed by atoms with Crippen LogP contribution in [0.3, 0.4) is 0 Å². The molecule has 10 heteroatoms. The fraction of sp³-hybridized carbons (Fsp3) is 0.143. The third kappa shape index (κ3) is 3.17. The number of ether oxygens (including phenoxy) is 1. The highest BCUT2D eigenvalue weighted by molar-refractivity contribution is 5.55. The van der Waals surface area contributed by atoms with Crippen LogP contribution in [0.1, 0.15) is 40.4 Å². The van der Waals surface area contributed by atoms with E-state index in [1.54, 1.807) is 31.2 Å². The summed E-state index contributed by atoms with van der Waals surface area (Å²) in [5.41, 5.74) is 14.4. The van der Waals surface area contributed by atoms with E-state index in [2.05, 4.69) is 20.1 Å². The lowest BCUT2D eigenvalue weighted by Gasteiger charge is -2.16. The van der Waals surface area contributed by atoms with Crippen molar-refractivity contribution in [3.63, 3.8) is 0 Å². The van der Waals surface area contributed by atoms with Gasteiger partial charge in [0.25, 0.3) is 0 Å². The molecule has 2 unspecified atom stereocenters. The lowest BCUT2D eigenvalue weighted by Crippen LogP contribution is -2.09. The maximum atomic E-state index is 15.0. The maximum Gasteiger partial charge on any atom is 0.222 e. The zero-order valence-corrected chi connectivity index (χ0v) is 16.3. The van der Waals surface area contributed by atoms with Gasteiger partial charge in [-0.25, -0.2) is 23.4 Å². The highest BCUT2D eigenvalue weighted by Crippen LogP contribution is 2.47. The summed E-state index contributed by atoms with van der Waals surface area (Å²) < 4.78 is 36.0. The van der Waals surface area contributed by atoms with Gasteiger partial charge in [-0.15, -0.1) is 0 Å². The quantitative estimate of drug-likeness (QED) is 0.522. The number of rotatable bonds is 3. The second-order valence-corrected chi connectivity index (χ2v) is 7.14. The van der Waals surface area contributed by atoms with E-state index in [4.69, 9.17) is 16.2 Å². The fourth-order valence-electron chi connectivity index (χ4n) is 3.77. The average Bonchev–Trinajstić information content (AvgIpc) is 3.32. The molecule has 0 bridgehead atoms. The zero-order valence-electron chi connectivity index (χ0n) is 16.3. The minimum absolute atomic E-state index is 0.00389. The van der Waals surface area contributed by atoms with Crippen molar-refractivity contribution in [3.05, 3.63) is 88.6 Å². The number of aryl methyl sites for hydroxylation is 1. The van der Waals surface area contributed by atoms with Crippen molar-refractivity contribution in [3.8, 4) is 5.69 Å². The Morgan fingerprint density at radius 1 is 0.968 bits per heavy atom. The molecule has 5 rings (SSSR count). The Bertz CT molecular complexity index is 1290. The molecule has 2 atom stereocenters. The van der Waals surface area contributed by atoms with E-state index < -0.39 is 18.0 Å². The molecule has 0 amide bonds. The molecule has 4 aromatic rings. The molecule has 0 aliphatic carbocycles. The Morgan fingerprint density at radius 3 is 2.39 bits per heavy atom. The first kappa shape index (κ1) is 19.1. The van der Waals surface area contributed by atoms with Crippen molar-refractivity contribution >= 4 is 11.8 Å². The molecule has 4 N–H and O–H groups in total. The lowest BCUT2D eigenvalue weighted by atomic mass is 9.99. The number of fused-ring (bicyclic) bond motifs is 1. The molecular formula is C21H17F2N7O. The summed E-state index contributed by atoms with van der Waals surface area (Å²) >= 11 is 0. The fourth-order valence-corrected chi connectivity index (χ4v) is 3.77. The first-order chi connectivity index (χ1) is 14.9. The Balaban J connectivity index is 1.60. The van der Waals surface area contributed by atoms with Crippen LogP contribution >= 0.6 is 0 Å². The second-order valence-electron chi connectivity index (χ2n) is 7.14. The van der Waals surface area contributed by atoms with Crippen molar-refractivity contribution < 1.29 is 13.5 Å². The minimum Gasteiger partial charge on any atom is -0.383 e. The van der Waals surface area contributed by atoms with Crippen molar-refractivity contribution in [1.82, 2.24) is 24.7 Å².